The highest BCUT2D eigenvalue weighted by atomic mass is 16.5. The summed E-state index contributed by atoms with van der Waals surface area (Å²) in [5.41, 5.74) is 13.0. The third-order valence-electron chi connectivity index (χ3n) is 12.3. The molecule has 12 aromatic rings. The number of nitrogens with zero attached hydrogens (tertiary/aromatic N) is 4. The van der Waals surface area contributed by atoms with E-state index in [9.17, 15) is 0 Å². The Kier molecular flexibility index (Phi) is 7.24. The number of fused-ring (bicyclic) bond motifs is 9. The van der Waals surface area contributed by atoms with E-state index in [0.29, 0.717) is 5.82 Å². The molecule has 0 amide bonds. The molecule has 0 bridgehead atoms. The van der Waals surface area contributed by atoms with Gasteiger partial charge in [-0.1, -0.05) is 146 Å². The van der Waals surface area contributed by atoms with E-state index in [1.807, 2.05) is 24.3 Å². The van der Waals surface area contributed by atoms with E-state index in [1.54, 1.807) is 0 Å². The Bertz CT molecular complexity index is 3660. The van der Waals surface area contributed by atoms with E-state index in [2.05, 4.69) is 191 Å². The molecule has 1 aliphatic heterocycles. The van der Waals surface area contributed by atoms with Gasteiger partial charge in [-0.3, -0.25) is 4.57 Å². The standard InChI is InChI=1S/C56H34N4O/c1-4-15-35(16-5-1)46-33-53(58-56(57-46)36-17-6-2-7-18-36)60-47-25-12-10-21-40(47)45-31-37(28-30-49(45)60)38-27-29-41-42-23-14-24-44-54-43-22-11-13-26-48(43)59(39-19-8-3-9-20-39)50(54)34-52(55(42)44)61-51(41)32-38/h1-34H. The quantitative estimate of drug-likeness (QED) is 0.175. The largest absolute Gasteiger partial charge is 0.456 e. The first-order valence-corrected chi connectivity index (χ1v) is 20.7. The Morgan fingerprint density at radius 3 is 1.79 bits per heavy atom. The molecule has 0 atom stereocenters. The Hall–Kier alpha value is -8.28. The first-order valence-electron chi connectivity index (χ1n) is 20.7. The molecule has 284 valence electrons. The maximum Gasteiger partial charge on any atom is 0.162 e. The third kappa shape index (κ3) is 5.14. The summed E-state index contributed by atoms with van der Waals surface area (Å²) >= 11 is 0. The Balaban J connectivity index is 0.964. The number of hydrogen-bond acceptors (Lipinski definition) is 3. The van der Waals surface area contributed by atoms with Gasteiger partial charge < -0.3 is 9.30 Å². The van der Waals surface area contributed by atoms with Crippen molar-refractivity contribution in [3.05, 3.63) is 206 Å². The van der Waals surface area contributed by atoms with E-state index in [-0.39, 0.29) is 0 Å². The molecule has 5 nitrogen and oxygen atoms in total. The molecule has 61 heavy (non-hydrogen) atoms. The number of ether oxygens (including phenoxy) is 1. The maximum absolute atomic E-state index is 6.99. The summed E-state index contributed by atoms with van der Waals surface area (Å²) < 4.78 is 11.6. The van der Waals surface area contributed by atoms with Gasteiger partial charge in [0.25, 0.3) is 0 Å². The number of hydrogen-bond donors (Lipinski definition) is 0. The second-order valence-corrected chi connectivity index (χ2v) is 15.7. The van der Waals surface area contributed by atoms with Crippen LogP contribution in [0.2, 0.25) is 0 Å². The van der Waals surface area contributed by atoms with Gasteiger partial charge in [-0.25, -0.2) is 9.97 Å². The first kappa shape index (κ1) is 33.7. The summed E-state index contributed by atoms with van der Waals surface area (Å²) in [5.74, 6) is 3.23. The fraction of sp³-hybridized carbons (Fsp3) is 0. The maximum atomic E-state index is 6.99. The van der Waals surface area contributed by atoms with Crippen LogP contribution in [0.1, 0.15) is 0 Å². The minimum absolute atomic E-state index is 0.688. The first-order chi connectivity index (χ1) is 30.2. The van der Waals surface area contributed by atoms with Crippen LogP contribution >= 0.6 is 0 Å². The fourth-order valence-electron chi connectivity index (χ4n) is 9.61. The van der Waals surface area contributed by atoms with Gasteiger partial charge in [-0.15, -0.1) is 0 Å². The minimum Gasteiger partial charge on any atom is -0.456 e. The van der Waals surface area contributed by atoms with Crippen molar-refractivity contribution in [3.8, 4) is 67.9 Å². The van der Waals surface area contributed by atoms with Crippen LogP contribution < -0.4 is 4.74 Å². The summed E-state index contributed by atoms with van der Waals surface area (Å²) in [6, 6.07) is 72.9. The van der Waals surface area contributed by atoms with Crippen LogP contribution in [-0.4, -0.2) is 19.1 Å². The van der Waals surface area contributed by atoms with Crippen LogP contribution in [-0.2, 0) is 0 Å². The van der Waals surface area contributed by atoms with Gasteiger partial charge in [0.1, 0.15) is 17.3 Å². The molecule has 9 aromatic carbocycles. The van der Waals surface area contributed by atoms with Gasteiger partial charge in [0, 0.05) is 61.4 Å². The molecular weight excluding hydrogens is 745 g/mol. The molecule has 0 spiro atoms. The van der Waals surface area contributed by atoms with Crippen LogP contribution in [0, 0.1) is 0 Å². The number of rotatable bonds is 5. The number of aromatic nitrogens is 4. The number of benzene rings is 9. The van der Waals surface area contributed by atoms with E-state index in [0.717, 1.165) is 89.2 Å². The van der Waals surface area contributed by atoms with Crippen molar-refractivity contribution in [1.29, 1.82) is 0 Å². The minimum atomic E-state index is 0.688. The molecule has 4 heterocycles. The van der Waals surface area contributed by atoms with Gasteiger partial charge in [0.15, 0.2) is 5.82 Å². The molecule has 0 radical (unpaired) electrons. The predicted molar refractivity (Wildman–Crippen MR) is 250 cm³/mol. The molecule has 3 aromatic heterocycles. The Labute approximate surface area is 351 Å². The lowest BCUT2D eigenvalue weighted by molar-refractivity contribution is 0.488. The predicted octanol–water partition coefficient (Wildman–Crippen LogP) is 14.6. The van der Waals surface area contributed by atoms with E-state index in [1.165, 1.54) is 27.2 Å². The van der Waals surface area contributed by atoms with Crippen molar-refractivity contribution in [2.75, 3.05) is 0 Å². The molecule has 0 aliphatic carbocycles. The zero-order valence-corrected chi connectivity index (χ0v) is 32.8. The molecule has 0 unspecified atom stereocenters. The SMILES string of the molecule is c1ccc(-c2cc(-n3c4ccccc4c4cc(-c5ccc6c(c5)Oc5cc7c(c8cccc-6c58)c5ccccc5n7-c5ccccc5)ccc43)nc(-c3ccccc3)n2)cc1. The van der Waals surface area contributed by atoms with Crippen LogP contribution in [0.15, 0.2) is 206 Å². The fourth-order valence-corrected chi connectivity index (χ4v) is 9.61. The van der Waals surface area contributed by atoms with Gasteiger partial charge in [-0.2, -0.15) is 0 Å². The molecule has 0 fully saturated rings. The summed E-state index contributed by atoms with van der Waals surface area (Å²) in [4.78, 5) is 10.3. The molecule has 0 saturated carbocycles. The van der Waals surface area contributed by atoms with Crippen LogP contribution in [0.4, 0.5) is 0 Å². The van der Waals surface area contributed by atoms with Gasteiger partial charge in [-0.05, 0) is 70.6 Å². The van der Waals surface area contributed by atoms with Crippen LogP contribution in [0.25, 0.3) is 111 Å². The average Bonchev–Trinajstić information content (AvgIpc) is 3.85. The second-order valence-electron chi connectivity index (χ2n) is 15.7. The summed E-state index contributed by atoms with van der Waals surface area (Å²) in [5, 5.41) is 7.13. The zero-order valence-electron chi connectivity index (χ0n) is 32.8. The third-order valence-corrected chi connectivity index (χ3v) is 12.3. The van der Waals surface area contributed by atoms with Crippen molar-refractivity contribution < 1.29 is 4.74 Å². The topological polar surface area (TPSA) is 44.9 Å². The van der Waals surface area contributed by atoms with Gasteiger partial charge in [0.05, 0.1) is 27.8 Å². The molecule has 0 N–H and O–H groups in total. The highest BCUT2D eigenvalue weighted by Gasteiger charge is 2.25. The highest BCUT2D eigenvalue weighted by molar-refractivity contribution is 6.25. The van der Waals surface area contributed by atoms with Crippen molar-refractivity contribution in [1.82, 2.24) is 19.1 Å². The average molecular weight is 779 g/mol. The van der Waals surface area contributed by atoms with Crippen LogP contribution in [0.3, 0.4) is 0 Å². The zero-order chi connectivity index (χ0) is 40.0. The Morgan fingerprint density at radius 2 is 0.984 bits per heavy atom. The van der Waals surface area contributed by atoms with Gasteiger partial charge in [0.2, 0.25) is 0 Å². The summed E-state index contributed by atoms with van der Waals surface area (Å²) in [7, 11) is 0. The van der Waals surface area contributed by atoms with Gasteiger partial charge >= 0.3 is 0 Å². The Morgan fingerprint density at radius 1 is 0.344 bits per heavy atom. The van der Waals surface area contributed by atoms with E-state index < -0.39 is 0 Å². The summed E-state index contributed by atoms with van der Waals surface area (Å²) in [6.45, 7) is 0. The van der Waals surface area contributed by atoms with Crippen molar-refractivity contribution in [3.63, 3.8) is 0 Å². The molecule has 5 heteroatoms. The molecule has 13 rings (SSSR count). The molecule has 0 saturated heterocycles. The monoisotopic (exact) mass is 778 g/mol. The van der Waals surface area contributed by atoms with Crippen molar-refractivity contribution >= 4 is 54.4 Å². The lowest BCUT2D eigenvalue weighted by Crippen LogP contribution is -2.02. The highest BCUT2D eigenvalue weighted by Crippen LogP contribution is 2.51. The van der Waals surface area contributed by atoms with E-state index >= 15 is 0 Å². The van der Waals surface area contributed by atoms with Crippen molar-refractivity contribution in [2.45, 2.75) is 0 Å². The smallest absolute Gasteiger partial charge is 0.162 e. The lowest BCUT2D eigenvalue weighted by Gasteiger charge is -2.23. The lowest BCUT2D eigenvalue weighted by atomic mass is 9.91. The summed E-state index contributed by atoms with van der Waals surface area (Å²) in [6.07, 6.45) is 0. The molecular formula is C56H34N4O. The molecule has 1 aliphatic rings. The van der Waals surface area contributed by atoms with Crippen molar-refractivity contribution in [2.24, 2.45) is 0 Å². The van der Waals surface area contributed by atoms with E-state index in [4.69, 9.17) is 14.7 Å². The number of para-hydroxylation sites is 3. The normalized spacial score (nSPS) is 12.1. The van der Waals surface area contributed by atoms with Crippen LogP contribution in [0.5, 0.6) is 11.5 Å². The second kappa shape index (κ2) is 13.1.